The predicted octanol–water partition coefficient (Wildman–Crippen LogP) is 13.7. The molecule has 0 aromatic carbocycles. The number of nitrogens with one attached hydrogen (secondary N) is 1. The average molecular weight is 742 g/mol. The first-order chi connectivity index (χ1) is 23.3. The molecule has 1 amide bonds. The van der Waals surface area contributed by atoms with Gasteiger partial charge >= 0.3 is 0 Å². The molecule has 0 fully saturated rings. The summed E-state index contributed by atoms with van der Waals surface area (Å²) in [6, 6.07) is -0.548. The summed E-state index contributed by atoms with van der Waals surface area (Å²) >= 11 is 4.39. The van der Waals surface area contributed by atoms with Crippen molar-refractivity contribution in [3.05, 3.63) is 24.3 Å². The maximum absolute atomic E-state index is 13.2. The van der Waals surface area contributed by atoms with Gasteiger partial charge in [-0.25, -0.2) is 0 Å². The first kappa shape index (κ1) is 49.6. The van der Waals surface area contributed by atoms with E-state index in [0.29, 0.717) is 23.9 Å². The van der Waals surface area contributed by atoms with Crippen LogP contribution in [0.1, 0.15) is 198 Å². The number of hydrogen-bond acceptors (Lipinski definition) is 5. The Morgan fingerprint density at radius 2 is 1.28 bits per heavy atom. The van der Waals surface area contributed by atoms with E-state index in [0.717, 1.165) is 44.9 Å². The zero-order valence-electron chi connectivity index (χ0n) is 34.9. The van der Waals surface area contributed by atoms with Crippen molar-refractivity contribution in [2.24, 2.45) is 21.7 Å². The molecule has 0 spiro atoms. The molecule has 0 rings (SSSR count). The number of hydrogen-bond donors (Lipinski definition) is 3. The van der Waals surface area contributed by atoms with Gasteiger partial charge in [0.05, 0.1) is 25.4 Å². The SMILES string of the molecule is CCCCCCCCCCCCC/C=C/C(O)C(COP(S)OCC)NC(=O)CCC(C)(C)CC(C)(C)CC/C=C\CC(C)(C)CC(C)(C)C. The Labute approximate surface area is 318 Å². The minimum atomic E-state index is -1.35. The highest BCUT2D eigenvalue weighted by Gasteiger charge is 2.30. The van der Waals surface area contributed by atoms with Crippen molar-refractivity contribution < 1.29 is 18.9 Å². The molecule has 50 heavy (non-hydrogen) atoms. The topological polar surface area (TPSA) is 67.8 Å². The highest BCUT2D eigenvalue weighted by atomic mass is 32.7. The van der Waals surface area contributed by atoms with Crippen LogP contribution in [-0.4, -0.2) is 36.4 Å². The fourth-order valence-corrected chi connectivity index (χ4v) is 8.65. The predicted molar refractivity (Wildman–Crippen MR) is 224 cm³/mol. The lowest BCUT2D eigenvalue weighted by Gasteiger charge is -2.35. The average Bonchev–Trinajstić information content (AvgIpc) is 2.98. The molecule has 0 aliphatic rings. The van der Waals surface area contributed by atoms with Crippen LogP contribution in [0.4, 0.5) is 0 Å². The smallest absolute Gasteiger partial charge is 0.234 e. The molecule has 0 bridgehead atoms. The number of aliphatic hydroxyl groups is 1. The van der Waals surface area contributed by atoms with Crippen molar-refractivity contribution in [2.45, 2.75) is 210 Å². The van der Waals surface area contributed by atoms with Crippen LogP contribution >= 0.6 is 19.8 Å². The summed E-state index contributed by atoms with van der Waals surface area (Å²) in [5, 5.41) is 14.1. The number of thiol groups is 1. The molecule has 0 heterocycles. The first-order valence-corrected chi connectivity index (χ1v) is 22.7. The highest BCUT2D eigenvalue weighted by Crippen LogP contribution is 2.43. The van der Waals surface area contributed by atoms with Crippen LogP contribution in [0.2, 0.25) is 0 Å². The van der Waals surface area contributed by atoms with Crippen molar-refractivity contribution in [2.75, 3.05) is 13.2 Å². The second-order valence-electron chi connectivity index (χ2n) is 18.5. The van der Waals surface area contributed by atoms with E-state index >= 15 is 0 Å². The lowest BCUT2D eigenvalue weighted by atomic mass is 9.71. The third-order valence-corrected chi connectivity index (χ3v) is 11.0. The van der Waals surface area contributed by atoms with Crippen molar-refractivity contribution >= 4 is 25.7 Å². The number of unbranched alkanes of at least 4 members (excludes halogenated alkanes) is 11. The standard InChI is InChI=1S/C43H84NO4PS/c1-12-14-15-16-17-18-19-20-21-22-23-24-26-29-38(45)37(34-48-49(50)47-13-2)44-39(46)30-33-43(10,11)36-42(8,9)32-28-25-27-31-41(6,7)35-40(3,4)5/h25-27,29,37-38,45,50H,12-24,28,30-36H2,1-11H3,(H,44,46)/b27-25-,29-26+. The van der Waals surface area contributed by atoms with Gasteiger partial charge in [-0.2, -0.15) is 0 Å². The number of allylic oxidation sites excluding steroid dienone is 3. The lowest BCUT2D eigenvalue weighted by Crippen LogP contribution is -2.45. The summed E-state index contributed by atoms with van der Waals surface area (Å²) in [4.78, 5) is 13.2. The van der Waals surface area contributed by atoms with Crippen LogP contribution in [0, 0.1) is 21.7 Å². The molecular formula is C43H84NO4PS. The quantitative estimate of drug-likeness (QED) is 0.0286. The van der Waals surface area contributed by atoms with Gasteiger partial charge in [-0.05, 0) is 80.0 Å². The number of rotatable bonds is 31. The van der Waals surface area contributed by atoms with Crippen LogP contribution in [-0.2, 0) is 13.8 Å². The van der Waals surface area contributed by atoms with Crippen LogP contribution in [0.5, 0.6) is 0 Å². The van der Waals surface area contributed by atoms with Gasteiger partial charge < -0.3 is 19.5 Å². The maximum atomic E-state index is 13.2. The molecule has 0 aromatic heterocycles. The van der Waals surface area contributed by atoms with Crippen LogP contribution in [0.3, 0.4) is 0 Å². The molecule has 296 valence electrons. The van der Waals surface area contributed by atoms with Crippen LogP contribution in [0.15, 0.2) is 24.3 Å². The van der Waals surface area contributed by atoms with E-state index < -0.39 is 19.7 Å². The first-order valence-electron chi connectivity index (χ1n) is 20.4. The van der Waals surface area contributed by atoms with E-state index in [1.54, 1.807) is 0 Å². The summed E-state index contributed by atoms with van der Waals surface area (Å²) in [7, 11) is -1.35. The van der Waals surface area contributed by atoms with Crippen molar-refractivity contribution in [1.82, 2.24) is 5.32 Å². The monoisotopic (exact) mass is 742 g/mol. The van der Waals surface area contributed by atoms with Gasteiger partial charge in [0.25, 0.3) is 0 Å². The Bertz CT molecular complexity index is 911. The van der Waals surface area contributed by atoms with E-state index in [1.807, 2.05) is 13.0 Å². The summed E-state index contributed by atoms with van der Waals surface area (Å²) in [6.45, 7) is 25.8. The number of carbonyl (C=O) groups excluding carboxylic acids is 1. The summed E-state index contributed by atoms with van der Waals surface area (Å²) in [5.41, 5.74) is 0.861. The van der Waals surface area contributed by atoms with Gasteiger partial charge in [-0.15, -0.1) is 0 Å². The van der Waals surface area contributed by atoms with Gasteiger partial charge in [0.1, 0.15) is 0 Å². The zero-order valence-corrected chi connectivity index (χ0v) is 36.7. The van der Waals surface area contributed by atoms with E-state index in [-0.39, 0.29) is 23.3 Å². The molecule has 5 nitrogen and oxygen atoms in total. The summed E-state index contributed by atoms with van der Waals surface area (Å²) in [6.07, 6.45) is 30.0. The molecule has 0 saturated heterocycles. The molecule has 3 unspecified atom stereocenters. The van der Waals surface area contributed by atoms with E-state index in [9.17, 15) is 9.90 Å². The molecule has 0 radical (unpaired) electrons. The number of aliphatic hydroxyl groups excluding tert-OH is 1. The van der Waals surface area contributed by atoms with Gasteiger partial charge in [-0.3, -0.25) is 4.79 Å². The molecule has 7 heteroatoms. The molecular weight excluding hydrogens is 658 g/mol. The third kappa shape index (κ3) is 30.1. The second-order valence-corrected chi connectivity index (χ2v) is 20.5. The van der Waals surface area contributed by atoms with E-state index in [4.69, 9.17) is 9.05 Å². The van der Waals surface area contributed by atoms with E-state index in [1.165, 1.54) is 70.6 Å². The summed E-state index contributed by atoms with van der Waals surface area (Å²) in [5.74, 6) is -0.0528. The van der Waals surface area contributed by atoms with Gasteiger partial charge in [0.15, 0.2) is 0 Å². The molecule has 0 aliphatic carbocycles. The van der Waals surface area contributed by atoms with Crippen LogP contribution in [0.25, 0.3) is 0 Å². The Kier molecular flexibility index (Phi) is 27.0. The maximum Gasteiger partial charge on any atom is 0.234 e. The van der Waals surface area contributed by atoms with Crippen molar-refractivity contribution in [3.8, 4) is 0 Å². The minimum absolute atomic E-state index is 0.0206. The number of carbonyl (C=O) groups is 1. The van der Waals surface area contributed by atoms with Crippen LogP contribution < -0.4 is 5.32 Å². The molecule has 0 saturated carbocycles. The van der Waals surface area contributed by atoms with Crippen molar-refractivity contribution in [1.29, 1.82) is 0 Å². The Morgan fingerprint density at radius 3 is 1.84 bits per heavy atom. The largest absolute Gasteiger partial charge is 0.387 e. The normalized spacial score (nSPS) is 15.2. The molecule has 0 aromatic rings. The van der Waals surface area contributed by atoms with E-state index in [2.05, 4.69) is 105 Å². The molecule has 3 atom stereocenters. The molecule has 2 N–H and O–H groups in total. The second kappa shape index (κ2) is 27.2. The van der Waals surface area contributed by atoms with Gasteiger partial charge in [0.2, 0.25) is 13.5 Å². The fraction of sp³-hybridized carbons (Fsp3) is 0.884. The fourth-order valence-electron chi connectivity index (χ4n) is 7.52. The van der Waals surface area contributed by atoms with Crippen molar-refractivity contribution in [3.63, 3.8) is 0 Å². The third-order valence-electron chi connectivity index (χ3n) is 9.49. The van der Waals surface area contributed by atoms with Gasteiger partial charge in [0, 0.05) is 6.42 Å². The Morgan fingerprint density at radius 1 is 0.720 bits per heavy atom. The molecule has 0 aliphatic heterocycles. The minimum Gasteiger partial charge on any atom is -0.387 e. The van der Waals surface area contributed by atoms with Gasteiger partial charge in [-0.1, -0.05) is 170 Å². The zero-order chi connectivity index (χ0) is 38.1. The lowest BCUT2D eigenvalue weighted by molar-refractivity contribution is -0.123. The Hall–Kier alpha value is -0.390. The highest BCUT2D eigenvalue weighted by molar-refractivity contribution is 8.41. The number of amides is 1. The Balaban J connectivity index is 4.78. The summed E-state index contributed by atoms with van der Waals surface area (Å²) < 4.78 is 11.2.